The highest BCUT2D eigenvalue weighted by Crippen LogP contribution is 2.31. The summed E-state index contributed by atoms with van der Waals surface area (Å²) in [5, 5.41) is 14.8. The lowest BCUT2D eigenvalue weighted by atomic mass is 9.99. The van der Waals surface area contributed by atoms with Gasteiger partial charge in [0.2, 0.25) is 5.82 Å². The highest BCUT2D eigenvalue weighted by molar-refractivity contribution is 5.75. The van der Waals surface area contributed by atoms with Crippen molar-refractivity contribution in [3.05, 3.63) is 71.9 Å². The number of hydrogen-bond donors (Lipinski definition) is 1. The molecular weight excluding hydrogens is 372 g/mol. The van der Waals surface area contributed by atoms with Crippen molar-refractivity contribution < 1.29 is 0 Å². The molecule has 6 heteroatoms. The van der Waals surface area contributed by atoms with E-state index < -0.39 is 0 Å². The molecule has 1 saturated heterocycles. The number of tetrazole rings is 1. The van der Waals surface area contributed by atoms with Crippen LogP contribution in [0.1, 0.15) is 19.4 Å². The fraction of sp³-hybridized carbons (Fsp3) is 0.375. The van der Waals surface area contributed by atoms with Crippen LogP contribution in [0, 0.1) is 5.92 Å². The summed E-state index contributed by atoms with van der Waals surface area (Å²) in [4.78, 5) is 4.99. The third-order valence-electron chi connectivity index (χ3n) is 5.48. The van der Waals surface area contributed by atoms with Crippen LogP contribution in [0.4, 0.5) is 5.69 Å². The Hall–Kier alpha value is -2.99. The third kappa shape index (κ3) is 5.13. The van der Waals surface area contributed by atoms with E-state index in [-0.39, 0.29) is 0 Å². The van der Waals surface area contributed by atoms with Gasteiger partial charge in [-0.1, -0.05) is 62.4 Å². The van der Waals surface area contributed by atoms with Crippen LogP contribution >= 0.6 is 0 Å². The van der Waals surface area contributed by atoms with Gasteiger partial charge in [0.1, 0.15) is 0 Å². The molecule has 0 amide bonds. The third-order valence-corrected chi connectivity index (χ3v) is 5.48. The van der Waals surface area contributed by atoms with Crippen LogP contribution < -0.4 is 4.90 Å². The molecule has 0 bridgehead atoms. The second kappa shape index (κ2) is 9.67. The molecule has 1 aromatic heterocycles. The van der Waals surface area contributed by atoms with E-state index in [0.717, 1.165) is 44.7 Å². The first-order valence-electron chi connectivity index (χ1n) is 10.7. The monoisotopic (exact) mass is 402 g/mol. The molecule has 0 spiro atoms. The minimum absolute atomic E-state index is 0.625. The smallest absolute Gasteiger partial charge is 0.206 e. The van der Waals surface area contributed by atoms with Gasteiger partial charge in [-0.25, -0.2) is 0 Å². The average Bonchev–Trinajstić information content (AvgIpc) is 3.25. The van der Waals surface area contributed by atoms with Crippen LogP contribution in [0.25, 0.3) is 11.4 Å². The SMILES string of the molecule is CC(C)Cc1ccc(-c2nn[nH]n2)c(N2CCN(CC3=C/C=C\C=C/C=C\3)CC2)c1. The Morgan fingerprint density at radius 2 is 1.80 bits per heavy atom. The van der Waals surface area contributed by atoms with Crippen molar-refractivity contribution in [2.45, 2.75) is 20.3 Å². The minimum Gasteiger partial charge on any atom is -0.368 e. The van der Waals surface area contributed by atoms with Crippen LogP contribution in [0.3, 0.4) is 0 Å². The van der Waals surface area contributed by atoms with E-state index in [1.54, 1.807) is 0 Å². The number of rotatable bonds is 6. The van der Waals surface area contributed by atoms with Crippen molar-refractivity contribution in [1.82, 2.24) is 25.5 Å². The zero-order valence-corrected chi connectivity index (χ0v) is 17.8. The molecule has 156 valence electrons. The number of anilines is 1. The Bertz CT molecular complexity index is 944. The number of hydrogen-bond acceptors (Lipinski definition) is 5. The van der Waals surface area contributed by atoms with Crippen LogP contribution in [0.15, 0.2) is 66.3 Å². The lowest BCUT2D eigenvalue weighted by Crippen LogP contribution is -2.47. The molecule has 1 aromatic carbocycles. The Morgan fingerprint density at radius 3 is 2.57 bits per heavy atom. The summed E-state index contributed by atoms with van der Waals surface area (Å²) in [7, 11) is 0. The molecule has 2 aliphatic rings. The highest BCUT2D eigenvalue weighted by atomic mass is 15.5. The van der Waals surface area contributed by atoms with Gasteiger partial charge in [-0.2, -0.15) is 5.21 Å². The van der Waals surface area contributed by atoms with E-state index in [9.17, 15) is 0 Å². The molecule has 2 heterocycles. The largest absolute Gasteiger partial charge is 0.368 e. The molecule has 0 radical (unpaired) electrons. The standard InChI is InChI=1S/C24H30N6/c1-19(2)16-21-10-11-22(24-25-27-28-26-24)23(17-21)30-14-12-29(13-15-30)18-20-8-6-4-3-5-7-9-20/h3-11,17,19H,12-16,18H2,1-2H3,(H,25,26,27,28)/b4-3-,5-3?,6-4?,7-5-,8-6-,9-7?,20-8?,20-9+. The number of aromatic nitrogens is 4. The van der Waals surface area contributed by atoms with E-state index >= 15 is 0 Å². The van der Waals surface area contributed by atoms with Crippen molar-refractivity contribution in [3.63, 3.8) is 0 Å². The molecule has 30 heavy (non-hydrogen) atoms. The lowest BCUT2D eigenvalue weighted by molar-refractivity contribution is 0.280. The van der Waals surface area contributed by atoms with Crippen molar-refractivity contribution in [2.24, 2.45) is 5.92 Å². The van der Waals surface area contributed by atoms with Crippen LogP contribution in [0.2, 0.25) is 0 Å². The van der Waals surface area contributed by atoms with E-state index in [0.29, 0.717) is 11.7 Å². The van der Waals surface area contributed by atoms with Gasteiger partial charge in [-0.3, -0.25) is 4.90 Å². The van der Waals surface area contributed by atoms with Gasteiger partial charge >= 0.3 is 0 Å². The predicted molar refractivity (Wildman–Crippen MR) is 122 cm³/mol. The summed E-state index contributed by atoms with van der Waals surface area (Å²) in [6.07, 6.45) is 15.9. The summed E-state index contributed by atoms with van der Waals surface area (Å²) in [6, 6.07) is 6.66. The van der Waals surface area contributed by atoms with Crippen LogP contribution in [-0.4, -0.2) is 58.2 Å². The van der Waals surface area contributed by atoms with Crippen molar-refractivity contribution in [1.29, 1.82) is 0 Å². The summed E-state index contributed by atoms with van der Waals surface area (Å²) in [6.45, 7) is 9.54. The molecule has 0 unspecified atom stereocenters. The molecule has 1 fully saturated rings. The van der Waals surface area contributed by atoms with Crippen LogP contribution in [0.5, 0.6) is 0 Å². The number of nitrogens with zero attached hydrogens (tertiary/aromatic N) is 5. The zero-order valence-electron chi connectivity index (χ0n) is 17.8. The molecule has 2 aromatic rings. The predicted octanol–water partition coefficient (Wildman–Crippen LogP) is 3.80. The van der Waals surface area contributed by atoms with E-state index in [2.05, 4.69) is 105 Å². The Morgan fingerprint density at radius 1 is 1.00 bits per heavy atom. The fourth-order valence-corrected chi connectivity index (χ4v) is 4.02. The number of allylic oxidation sites excluding steroid dienone is 6. The highest BCUT2D eigenvalue weighted by Gasteiger charge is 2.22. The van der Waals surface area contributed by atoms with E-state index in [1.807, 2.05) is 0 Å². The first-order valence-corrected chi connectivity index (χ1v) is 10.7. The molecule has 4 rings (SSSR count). The lowest BCUT2D eigenvalue weighted by Gasteiger charge is -2.37. The molecule has 1 aliphatic carbocycles. The summed E-state index contributed by atoms with van der Waals surface area (Å²) >= 11 is 0. The van der Waals surface area contributed by atoms with Gasteiger partial charge in [0.05, 0.1) is 0 Å². The summed E-state index contributed by atoms with van der Waals surface area (Å²) < 4.78 is 0. The van der Waals surface area contributed by atoms with Gasteiger partial charge in [-0.05, 0) is 40.8 Å². The van der Waals surface area contributed by atoms with Crippen molar-refractivity contribution in [2.75, 3.05) is 37.6 Å². The quantitative estimate of drug-likeness (QED) is 0.796. The number of aromatic amines is 1. The van der Waals surface area contributed by atoms with Gasteiger partial charge < -0.3 is 4.90 Å². The maximum Gasteiger partial charge on any atom is 0.206 e. The molecule has 1 aliphatic heterocycles. The van der Waals surface area contributed by atoms with Gasteiger partial charge in [0, 0.05) is 44.0 Å². The first-order chi connectivity index (χ1) is 14.7. The molecule has 6 nitrogen and oxygen atoms in total. The maximum absolute atomic E-state index is 4.23. The number of nitrogens with one attached hydrogen (secondary N) is 1. The second-order valence-electron chi connectivity index (χ2n) is 8.32. The molecule has 1 N–H and O–H groups in total. The van der Waals surface area contributed by atoms with Gasteiger partial charge in [-0.15, -0.1) is 10.2 Å². The number of piperazine rings is 1. The Labute approximate surface area is 178 Å². The Kier molecular flexibility index (Phi) is 6.54. The van der Waals surface area contributed by atoms with E-state index in [4.69, 9.17) is 0 Å². The first kappa shape index (κ1) is 20.3. The van der Waals surface area contributed by atoms with Crippen molar-refractivity contribution in [3.8, 4) is 11.4 Å². The second-order valence-corrected chi connectivity index (χ2v) is 8.32. The van der Waals surface area contributed by atoms with Gasteiger partial charge in [0.25, 0.3) is 0 Å². The average molecular weight is 403 g/mol. The Balaban J connectivity index is 1.48. The molecular formula is C24H30N6. The number of H-pyrrole nitrogens is 1. The van der Waals surface area contributed by atoms with Crippen LogP contribution in [-0.2, 0) is 6.42 Å². The maximum atomic E-state index is 4.23. The summed E-state index contributed by atoms with van der Waals surface area (Å²) in [5.74, 6) is 1.29. The molecule has 0 saturated carbocycles. The number of benzene rings is 1. The zero-order chi connectivity index (χ0) is 20.8. The normalized spacial score (nSPS) is 22.2. The van der Waals surface area contributed by atoms with Gasteiger partial charge in [0.15, 0.2) is 0 Å². The van der Waals surface area contributed by atoms with Crippen molar-refractivity contribution >= 4 is 5.69 Å². The van der Waals surface area contributed by atoms with E-state index in [1.165, 1.54) is 16.8 Å². The molecule has 0 atom stereocenters. The fourth-order valence-electron chi connectivity index (χ4n) is 4.02. The topological polar surface area (TPSA) is 60.9 Å². The minimum atomic E-state index is 0.625. The summed E-state index contributed by atoms with van der Waals surface area (Å²) in [5.41, 5.74) is 4.97.